The van der Waals surface area contributed by atoms with Crippen LogP contribution < -0.4 is 15.8 Å². The molecular formula is C14H19N3O4. The van der Waals surface area contributed by atoms with E-state index in [0.717, 1.165) is 19.3 Å². The second-order valence-electron chi connectivity index (χ2n) is 5.15. The molecule has 1 aliphatic rings. The summed E-state index contributed by atoms with van der Waals surface area (Å²) < 4.78 is 5.08. The van der Waals surface area contributed by atoms with Crippen LogP contribution in [-0.2, 0) is 0 Å². The molecule has 0 saturated heterocycles. The number of nitrogens with two attached hydrogens (primary N) is 1. The zero-order valence-corrected chi connectivity index (χ0v) is 11.9. The highest BCUT2D eigenvalue weighted by atomic mass is 16.6. The molecule has 0 heterocycles. The Morgan fingerprint density at radius 3 is 2.90 bits per heavy atom. The highest BCUT2D eigenvalue weighted by molar-refractivity contribution is 5.97. The first-order chi connectivity index (χ1) is 10.1. The minimum atomic E-state index is -0.522. The van der Waals surface area contributed by atoms with Crippen LogP contribution in [0.3, 0.4) is 0 Å². The molecular weight excluding hydrogens is 274 g/mol. The number of amides is 1. The summed E-state index contributed by atoms with van der Waals surface area (Å²) in [5.74, 6) is 0.203. The van der Waals surface area contributed by atoms with Gasteiger partial charge in [0.2, 0.25) is 0 Å². The first-order valence-electron chi connectivity index (χ1n) is 6.90. The molecule has 0 aromatic heterocycles. The molecule has 1 aromatic carbocycles. The smallest absolute Gasteiger partial charge is 0.273 e. The lowest BCUT2D eigenvalue weighted by Gasteiger charge is -2.20. The molecule has 2 rings (SSSR count). The minimum absolute atomic E-state index is 0.0578. The standard InChI is InChI=1S/C14H19N3O4/c1-21-13-7-10(17(19)20)5-6-11(13)14(18)16-12-4-2-3-9(12)8-15/h5-7,9,12H,2-4,8,15H2,1H3,(H,16,18). The van der Waals surface area contributed by atoms with Crippen molar-refractivity contribution in [3.63, 3.8) is 0 Å². The number of carbonyl (C=O) groups is 1. The predicted octanol–water partition coefficient (Wildman–Crippen LogP) is 1.46. The molecule has 0 radical (unpaired) electrons. The predicted molar refractivity (Wildman–Crippen MR) is 77.3 cm³/mol. The molecule has 2 unspecified atom stereocenters. The second kappa shape index (κ2) is 6.53. The van der Waals surface area contributed by atoms with Gasteiger partial charge in [-0.1, -0.05) is 6.42 Å². The van der Waals surface area contributed by atoms with Crippen molar-refractivity contribution in [2.24, 2.45) is 11.7 Å². The van der Waals surface area contributed by atoms with Crippen molar-refractivity contribution in [2.45, 2.75) is 25.3 Å². The van der Waals surface area contributed by atoms with Crippen LogP contribution in [-0.4, -0.2) is 30.5 Å². The average molecular weight is 293 g/mol. The van der Waals surface area contributed by atoms with E-state index in [-0.39, 0.29) is 29.3 Å². The number of hydrogen-bond acceptors (Lipinski definition) is 5. The average Bonchev–Trinajstić information content (AvgIpc) is 2.93. The number of rotatable bonds is 5. The van der Waals surface area contributed by atoms with Crippen LogP contribution in [0.4, 0.5) is 5.69 Å². The van der Waals surface area contributed by atoms with Crippen molar-refractivity contribution < 1.29 is 14.5 Å². The van der Waals surface area contributed by atoms with E-state index in [2.05, 4.69) is 5.32 Å². The Morgan fingerprint density at radius 2 is 2.29 bits per heavy atom. The third kappa shape index (κ3) is 3.30. The van der Waals surface area contributed by atoms with Crippen LogP contribution in [0, 0.1) is 16.0 Å². The lowest BCUT2D eigenvalue weighted by atomic mass is 10.0. The fourth-order valence-corrected chi connectivity index (χ4v) is 2.74. The maximum absolute atomic E-state index is 12.3. The Hall–Kier alpha value is -2.15. The maximum Gasteiger partial charge on any atom is 0.273 e. The summed E-state index contributed by atoms with van der Waals surface area (Å²) in [6.07, 6.45) is 2.96. The first kappa shape index (κ1) is 15.2. The number of benzene rings is 1. The van der Waals surface area contributed by atoms with Crippen LogP contribution in [0.25, 0.3) is 0 Å². The second-order valence-corrected chi connectivity index (χ2v) is 5.15. The van der Waals surface area contributed by atoms with Crippen LogP contribution in [0.5, 0.6) is 5.75 Å². The van der Waals surface area contributed by atoms with Gasteiger partial charge in [0.1, 0.15) is 5.75 Å². The molecule has 1 fully saturated rings. The van der Waals surface area contributed by atoms with E-state index in [1.54, 1.807) is 0 Å². The van der Waals surface area contributed by atoms with Crippen LogP contribution in [0.15, 0.2) is 18.2 Å². The van der Waals surface area contributed by atoms with Gasteiger partial charge in [-0.15, -0.1) is 0 Å². The van der Waals surface area contributed by atoms with Gasteiger partial charge in [0.05, 0.1) is 23.7 Å². The topological polar surface area (TPSA) is 107 Å². The highest BCUT2D eigenvalue weighted by Gasteiger charge is 2.28. The van der Waals surface area contributed by atoms with Gasteiger partial charge >= 0.3 is 0 Å². The summed E-state index contributed by atoms with van der Waals surface area (Å²) in [7, 11) is 1.38. The lowest BCUT2D eigenvalue weighted by molar-refractivity contribution is -0.384. The Kier molecular flexibility index (Phi) is 4.74. The fourth-order valence-electron chi connectivity index (χ4n) is 2.74. The number of nitro groups is 1. The van der Waals surface area contributed by atoms with Gasteiger partial charge in [-0.05, 0) is 31.4 Å². The van der Waals surface area contributed by atoms with Crippen LogP contribution >= 0.6 is 0 Å². The van der Waals surface area contributed by atoms with Gasteiger partial charge in [-0.2, -0.15) is 0 Å². The van der Waals surface area contributed by atoms with Crippen molar-refractivity contribution in [1.82, 2.24) is 5.32 Å². The largest absolute Gasteiger partial charge is 0.496 e. The van der Waals surface area contributed by atoms with Crippen molar-refractivity contribution >= 4 is 11.6 Å². The molecule has 114 valence electrons. The zero-order valence-electron chi connectivity index (χ0n) is 11.9. The summed E-state index contributed by atoms with van der Waals surface area (Å²) in [5.41, 5.74) is 5.89. The molecule has 0 bridgehead atoms. The number of ether oxygens (including phenoxy) is 1. The summed E-state index contributed by atoms with van der Waals surface area (Å²) in [6.45, 7) is 0.544. The fraction of sp³-hybridized carbons (Fsp3) is 0.500. The van der Waals surface area contributed by atoms with Gasteiger partial charge in [0, 0.05) is 12.1 Å². The van der Waals surface area contributed by atoms with Crippen molar-refractivity contribution in [2.75, 3.05) is 13.7 Å². The van der Waals surface area contributed by atoms with Crippen molar-refractivity contribution in [3.05, 3.63) is 33.9 Å². The highest BCUT2D eigenvalue weighted by Crippen LogP contribution is 2.27. The normalized spacial score (nSPS) is 21.0. The lowest BCUT2D eigenvalue weighted by Crippen LogP contribution is -2.40. The molecule has 1 aliphatic carbocycles. The molecule has 7 nitrogen and oxygen atoms in total. The molecule has 1 saturated carbocycles. The number of nitrogens with one attached hydrogen (secondary N) is 1. The Balaban J connectivity index is 2.17. The molecule has 7 heteroatoms. The summed E-state index contributed by atoms with van der Waals surface area (Å²) in [5, 5.41) is 13.7. The minimum Gasteiger partial charge on any atom is -0.496 e. The quantitative estimate of drug-likeness (QED) is 0.631. The van der Waals surface area contributed by atoms with E-state index < -0.39 is 4.92 Å². The van der Waals surface area contributed by atoms with Crippen LogP contribution in [0.2, 0.25) is 0 Å². The molecule has 1 amide bonds. The van der Waals surface area contributed by atoms with Gasteiger partial charge < -0.3 is 15.8 Å². The van der Waals surface area contributed by atoms with Crippen molar-refractivity contribution in [3.8, 4) is 5.75 Å². The number of hydrogen-bond donors (Lipinski definition) is 2. The Bertz CT molecular complexity index is 547. The third-order valence-corrected chi connectivity index (χ3v) is 3.92. The Labute approximate surface area is 122 Å². The van der Waals surface area contributed by atoms with Gasteiger partial charge in [-0.25, -0.2) is 0 Å². The van der Waals surface area contributed by atoms with E-state index in [4.69, 9.17) is 10.5 Å². The van der Waals surface area contributed by atoms with Gasteiger partial charge in [0.25, 0.3) is 11.6 Å². The van der Waals surface area contributed by atoms with E-state index in [0.29, 0.717) is 12.1 Å². The number of nitro benzene ring substituents is 1. The third-order valence-electron chi connectivity index (χ3n) is 3.92. The number of carbonyl (C=O) groups excluding carboxylic acids is 1. The van der Waals surface area contributed by atoms with Gasteiger partial charge in [0.15, 0.2) is 0 Å². The van der Waals surface area contributed by atoms with Crippen molar-refractivity contribution in [1.29, 1.82) is 0 Å². The molecule has 1 aromatic rings. The number of nitrogens with zero attached hydrogens (tertiary/aromatic N) is 1. The summed E-state index contributed by atoms with van der Waals surface area (Å²) in [4.78, 5) is 22.5. The molecule has 3 N–H and O–H groups in total. The monoisotopic (exact) mass is 293 g/mol. The number of methoxy groups -OCH3 is 1. The van der Waals surface area contributed by atoms with Gasteiger partial charge in [-0.3, -0.25) is 14.9 Å². The molecule has 0 spiro atoms. The molecule has 21 heavy (non-hydrogen) atoms. The molecule has 0 aliphatic heterocycles. The Morgan fingerprint density at radius 1 is 1.52 bits per heavy atom. The summed E-state index contributed by atoms with van der Waals surface area (Å²) in [6, 6.07) is 4.03. The van der Waals surface area contributed by atoms with E-state index in [1.165, 1.54) is 25.3 Å². The number of non-ortho nitro benzene ring substituents is 1. The van der Waals surface area contributed by atoms with E-state index in [1.807, 2.05) is 0 Å². The van der Waals surface area contributed by atoms with Crippen LogP contribution in [0.1, 0.15) is 29.6 Å². The molecule has 2 atom stereocenters. The first-order valence-corrected chi connectivity index (χ1v) is 6.90. The SMILES string of the molecule is COc1cc([N+](=O)[O-])ccc1C(=O)NC1CCCC1CN. The maximum atomic E-state index is 12.3. The van der Waals surface area contributed by atoms with E-state index >= 15 is 0 Å². The zero-order chi connectivity index (χ0) is 15.4. The van der Waals surface area contributed by atoms with E-state index in [9.17, 15) is 14.9 Å². The summed E-state index contributed by atoms with van der Waals surface area (Å²) >= 11 is 0.